The number of rotatable bonds is 6. The zero-order valence-electron chi connectivity index (χ0n) is 14.0. The monoisotopic (exact) mass is 328 g/mol. The highest BCUT2D eigenvalue weighted by Crippen LogP contribution is 2.17. The van der Waals surface area contributed by atoms with Crippen LogP contribution in [0.4, 0.5) is 0 Å². The highest BCUT2D eigenvalue weighted by Gasteiger charge is 2.25. The third-order valence-corrected chi connectivity index (χ3v) is 4.18. The van der Waals surface area contributed by atoms with E-state index in [9.17, 15) is 0 Å². The van der Waals surface area contributed by atoms with E-state index in [1.807, 2.05) is 31.3 Å². The van der Waals surface area contributed by atoms with Crippen molar-refractivity contribution in [2.75, 3.05) is 26.7 Å². The lowest BCUT2D eigenvalue weighted by Crippen LogP contribution is -2.39. The van der Waals surface area contributed by atoms with Crippen LogP contribution in [0.25, 0.3) is 0 Å². The maximum absolute atomic E-state index is 5.87. The molecule has 24 heavy (non-hydrogen) atoms. The first-order valence-corrected chi connectivity index (χ1v) is 8.31. The summed E-state index contributed by atoms with van der Waals surface area (Å²) in [7, 11) is 1.81. The van der Waals surface area contributed by atoms with Crippen molar-refractivity contribution in [3.63, 3.8) is 0 Å². The predicted molar refractivity (Wildman–Crippen MR) is 92.5 cm³/mol. The van der Waals surface area contributed by atoms with Crippen LogP contribution in [0.15, 0.2) is 52.2 Å². The highest BCUT2D eigenvalue weighted by atomic mass is 16.5. The summed E-state index contributed by atoms with van der Waals surface area (Å²) in [6, 6.07) is 12.1. The molecular formula is C18H24N4O2. The van der Waals surface area contributed by atoms with E-state index in [0.29, 0.717) is 19.1 Å². The Morgan fingerprint density at radius 2 is 2.25 bits per heavy atom. The minimum Gasteiger partial charge on any atom is -0.376 e. The Morgan fingerprint density at radius 3 is 3.00 bits per heavy atom. The molecular weight excluding hydrogens is 304 g/mol. The topological polar surface area (TPSA) is 62.9 Å². The van der Waals surface area contributed by atoms with Crippen LogP contribution in [-0.4, -0.2) is 42.8 Å². The predicted octanol–water partition coefficient (Wildman–Crippen LogP) is 2.29. The zero-order chi connectivity index (χ0) is 16.6. The quantitative estimate of drug-likeness (QED) is 0.651. The second-order valence-electron chi connectivity index (χ2n) is 5.99. The second kappa shape index (κ2) is 8.49. The van der Waals surface area contributed by atoms with Crippen molar-refractivity contribution in [1.29, 1.82) is 0 Å². The van der Waals surface area contributed by atoms with Crippen LogP contribution >= 0.6 is 0 Å². The molecule has 6 nitrogen and oxygen atoms in total. The summed E-state index contributed by atoms with van der Waals surface area (Å²) in [5, 5.41) is 7.23. The van der Waals surface area contributed by atoms with Gasteiger partial charge in [0.25, 0.3) is 0 Å². The van der Waals surface area contributed by atoms with E-state index < -0.39 is 0 Å². The summed E-state index contributed by atoms with van der Waals surface area (Å²) in [6.07, 6.45) is 2.70. The van der Waals surface area contributed by atoms with Gasteiger partial charge in [-0.05, 0) is 12.0 Å². The van der Waals surface area contributed by atoms with Crippen LogP contribution in [0.3, 0.4) is 0 Å². The minimum absolute atomic E-state index is 0.541. The van der Waals surface area contributed by atoms with E-state index in [4.69, 9.17) is 9.26 Å². The molecule has 3 rings (SSSR count). The lowest BCUT2D eigenvalue weighted by Gasteiger charge is -2.21. The van der Waals surface area contributed by atoms with Gasteiger partial charge in [0, 0.05) is 32.1 Å². The molecule has 1 unspecified atom stereocenters. The summed E-state index contributed by atoms with van der Waals surface area (Å²) in [5.41, 5.74) is 2.09. The summed E-state index contributed by atoms with van der Waals surface area (Å²) < 4.78 is 10.7. The second-order valence-corrected chi connectivity index (χ2v) is 5.99. The smallest absolute Gasteiger partial charge is 0.193 e. The average molecular weight is 328 g/mol. The number of benzene rings is 1. The van der Waals surface area contributed by atoms with Gasteiger partial charge >= 0.3 is 0 Å². The van der Waals surface area contributed by atoms with Gasteiger partial charge in [-0.25, -0.2) is 0 Å². The number of aromatic nitrogens is 1. The van der Waals surface area contributed by atoms with Crippen molar-refractivity contribution in [2.24, 2.45) is 10.9 Å². The molecule has 0 bridgehead atoms. The SMILES string of the molecule is CN=C(NCc1ccon1)N1CCC(COCc2ccccc2)C1. The van der Waals surface area contributed by atoms with Gasteiger partial charge in [0.1, 0.15) is 12.0 Å². The van der Waals surface area contributed by atoms with E-state index in [1.165, 1.54) is 5.56 Å². The fourth-order valence-electron chi connectivity index (χ4n) is 2.91. The Hall–Kier alpha value is -2.34. The van der Waals surface area contributed by atoms with Crippen molar-refractivity contribution in [3.8, 4) is 0 Å². The maximum Gasteiger partial charge on any atom is 0.193 e. The fourth-order valence-corrected chi connectivity index (χ4v) is 2.91. The summed E-state index contributed by atoms with van der Waals surface area (Å²) in [6.45, 7) is 4.04. The van der Waals surface area contributed by atoms with Crippen LogP contribution in [-0.2, 0) is 17.9 Å². The first kappa shape index (κ1) is 16.5. The van der Waals surface area contributed by atoms with Crippen molar-refractivity contribution in [1.82, 2.24) is 15.4 Å². The first-order valence-electron chi connectivity index (χ1n) is 8.31. The molecule has 2 aromatic rings. The third-order valence-electron chi connectivity index (χ3n) is 4.18. The van der Waals surface area contributed by atoms with E-state index >= 15 is 0 Å². The molecule has 1 atom stereocenters. The molecule has 0 spiro atoms. The molecule has 1 aliphatic heterocycles. The first-order chi connectivity index (χ1) is 11.8. The molecule has 1 N–H and O–H groups in total. The van der Waals surface area contributed by atoms with Crippen molar-refractivity contribution in [2.45, 2.75) is 19.6 Å². The van der Waals surface area contributed by atoms with Crippen molar-refractivity contribution < 1.29 is 9.26 Å². The van der Waals surface area contributed by atoms with Gasteiger partial charge in [-0.2, -0.15) is 0 Å². The molecule has 6 heteroatoms. The minimum atomic E-state index is 0.541. The normalized spacial score (nSPS) is 18.1. The molecule has 0 aliphatic carbocycles. The number of hydrogen-bond acceptors (Lipinski definition) is 4. The van der Waals surface area contributed by atoms with E-state index in [2.05, 4.69) is 32.5 Å². The zero-order valence-corrected chi connectivity index (χ0v) is 14.0. The summed E-state index contributed by atoms with van der Waals surface area (Å²) in [5.74, 6) is 1.45. The molecule has 1 saturated heterocycles. The van der Waals surface area contributed by atoms with Gasteiger partial charge in [0.2, 0.25) is 0 Å². The molecule has 0 amide bonds. The van der Waals surface area contributed by atoms with Crippen molar-refractivity contribution in [3.05, 3.63) is 53.9 Å². The Kier molecular flexibility index (Phi) is 5.85. The van der Waals surface area contributed by atoms with Gasteiger partial charge in [0.05, 0.1) is 19.8 Å². The molecule has 1 fully saturated rings. The molecule has 0 saturated carbocycles. The van der Waals surface area contributed by atoms with Crippen molar-refractivity contribution >= 4 is 5.96 Å². The highest BCUT2D eigenvalue weighted by molar-refractivity contribution is 5.80. The number of aliphatic imine (C=N–C) groups is 1. The van der Waals surface area contributed by atoms with E-state index in [0.717, 1.165) is 37.8 Å². The summed E-state index contributed by atoms with van der Waals surface area (Å²) >= 11 is 0. The Bertz CT molecular complexity index is 628. The summed E-state index contributed by atoms with van der Waals surface area (Å²) in [4.78, 5) is 6.64. The Morgan fingerprint density at radius 1 is 1.38 bits per heavy atom. The lowest BCUT2D eigenvalue weighted by atomic mass is 10.1. The number of hydrogen-bond donors (Lipinski definition) is 1. The average Bonchev–Trinajstić information content (AvgIpc) is 3.29. The van der Waals surface area contributed by atoms with Crippen LogP contribution in [0, 0.1) is 5.92 Å². The molecule has 1 aromatic heterocycles. The molecule has 128 valence electrons. The van der Waals surface area contributed by atoms with Crippen LogP contribution in [0.5, 0.6) is 0 Å². The largest absolute Gasteiger partial charge is 0.376 e. The molecule has 0 radical (unpaired) electrons. The standard InChI is InChI=1S/C18H24N4O2/c1-19-18(20-11-17-8-10-24-21-17)22-9-7-16(12-22)14-23-13-15-5-3-2-4-6-15/h2-6,8,10,16H,7,9,11-14H2,1H3,(H,19,20). The van der Waals surface area contributed by atoms with Gasteiger partial charge in [0.15, 0.2) is 5.96 Å². The lowest BCUT2D eigenvalue weighted by molar-refractivity contribution is 0.0906. The van der Waals surface area contributed by atoms with Crippen LogP contribution in [0.1, 0.15) is 17.7 Å². The number of guanidine groups is 1. The maximum atomic E-state index is 5.87. The molecule has 1 aliphatic rings. The Balaban J connectivity index is 1.40. The van der Waals surface area contributed by atoms with Crippen LogP contribution in [0.2, 0.25) is 0 Å². The number of nitrogens with one attached hydrogen (secondary N) is 1. The fraction of sp³-hybridized carbons (Fsp3) is 0.444. The van der Waals surface area contributed by atoms with Gasteiger partial charge in [-0.3, -0.25) is 4.99 Å². The van der Waals surface area contributed by atoms with Gasteiger partial charge in [-0.15, -0.1) is 0 Å². The number of likely N-dealkylation sites (tertiary alicyclic amines) is 1. The van der Waals surface area contributed by atoms with Crippen LogP contribution < -0.4 is 5.32 Å². The van der Waals surface area contributed by atoms with Gasteiger partial charge < -0.3 is 19.5 Å². The van der Waals surface area contributed by atoms with E-state index in [1.54, 1.807) is 6.26 Å². The number of ether oxygens (including phenoxy) is 1. The molecule has 1 aromatic carbocycles. The van der Waals surface area contributed by atoms with E-state index in [-0.39, 0.29) is 0 Å². The Labute approximate surface area is 142 Å². The molecule has 2 heterocycles. The van der Waals surface area contributed by atoms with Gasteiger partial charge in [-0.1, -0.05) is 35.5 Å². The third kappa shape index (κ3) is 4.58. The number of nitrogens with zero attached hydrogens (tertiary/aromatic N) is 3.